The SMILES string of the molecule is CCCNC(=O)[C@H](Cc1ccccc1)N(Cc1ccccc1C)C(=O)CN(c1ccc(C)c(Cl)c1)S(C)(=O)=O. The molecule has 208 valence electrons. The van der Waals surface area contributed by atoms with Gasteiger partial charge in [-0.25, -0.2) is 8.42 Å². The average molecular weight is 570 g/mol. The highest BCUT2D eigenvalue weighted by atomic mass is 35.5. The Morgan fingerprint density at radius 3 is 2.23 bits per heavy atom. The van der Waals surface area contributed by atoms with E-state index in [1.54, 1.807) is 12.1 Å². The number of halogens is 1. The highest BCUT2D eigenvalue weighted by Crippen LogP contribution is 2.26. The molecule has 9 heteroatoms. The number of carbonyl (C=O) groups excluding carboxylic acids is 2. The van der Waals surface area contributed by atoms with Gasteiger partial charge in [-0.3, -0.25) is 13.9 Å². The van der Waals surface area contributed by atoms with Gasteiger partial charge in [-0.15, -0.1) is 0 Å². The highest BCUT2D eigenvalue weighted by molar-refractivity contribution is 7.92. The van der Waals surface area contributed by atoms with Crippen LogP contribution in [0.25, 0.3) is 0 Å². The van der Waals surface area contributed by atoms with Crippen LogP contribution in [0.1, 0.15) is 35.6 Å². The van der Waals surface area contributed by atoms with Crippen molar-refractivity contribution < 1.29 is 18.0 Å². The number of anilines is 1. The van der Waals surface area contributed by atoms with E-state index in [0.717, 1.165) is 39.2 Å². The van der Waals surface area contributed by atoms with Crippen molar-refractivity contribution in [2.45, 2.75) is 46.2 Å². The first-order valence-electron chi connectivity index (χ1n) is 12.9. The van der Waals surface area contributed by atoms with Crippen LogP contribution in [-0.2, 0) is 32.6 Å². The fourth-order valence-electron chi connectivity index (χ4n) is 4.24. The van der Waals surface area contributed by atoms with Gasteiger partial charge in [0.15, 0.2) is 0 Å². The molecule has 0 saturated carbocycles. The van der Waals surface area contributed by atoms with Gasteiger partial charge in [0.1, 0.15) is 12.6 Å². The van der Waals surface area contributed by atoms with E-state index in [1.807, 2.05) is 75.4 Å². The number of benzene rings is 3. The summed E-state index contributed by atoms with van der Waals surface area (Å²) in [6.07, 6.45) is 2.07. The zero-order chi connectivity index (χ0) is 28.6. The molecule has 0 spiro atoms. The number of hydrogen-bond donors (Lipinski definition) is 1. The van der Waals surface area contributed by atoms with Crippen molar-refractivity contribution in [3.63, 3.8) is 0 Å². The van der Waals surface area contributed by atoms with Crippen LogP contribution < -0.4 is 9.62 Å². The molecule has 3 rings (SSSR count). The maximum absolute atomic E-state index is 14.1. The lowest BCUT2D eigenvalue weighted by Crippen LogP contribution is -2.53. The van der Waals surface area contributed by atoms with Crippen LogP contribution >= 0.6 is 11.6 Å². The molecule has 0 aromatic heterocycles. The lowest BCUT2D eigenvalue weighted by molar-refractivity contribution is -0.140. The van der Waals surface area contributed by atoms with Gasteiger partial charge in [-0.05, 0) is 54.7 Å². The summed E-state index contributed by atoms with van der Waals surface area (Å²) < 4.78 is 26.8. The second-order valence-corrected chi connectivity index (χ2v) is 12.0. The highest BCUT2D eigenvalue weighted by Gasteiger charge is 2.33. The van der Waals surface area contributed by atoms with Gasteiger partial charge in [0.05, 0.1) is 11.9 Å². The Morgan fingerprint density at radius 1 is 0.949 bits per heavy atom. The predicted octanol–water partition coefficient (Wildman–Crippen LogP) is 4.89. The third-order valence-electron chi connectivity index (χ3n) is 6.54. The first-order chi connectivity index (χ1) is 18.5. The van der Waals surface area contributed by atoms with Crippen LogP contribution in [0.5, 0.6) is 0 Å². The van der Waals surface area contributed by atoms with Crippen molar-refractivity contribution in [3.05, 3.63) is 100 Å². The van der Waals surface area contributed by atoms with E-state index in [-0.39, 0.29) is 24.6 Å². The molecule has 0 bridgehead atoms. The summed E-state index contributed by atoms with van der Waals surface area (Å²) in [6.45, 7) is 5.85. The number of amides is 2. The van der Waals surface area contributed by atoms with E-state index in [4.69, 9.17) is 11.6 Å². The van der Waals surface area contributed by atoms with Gasteiger partial charge in [-0.1, -0.05) is 79.2 Å². The summed E-state index contributed by atoms with van der Waals surface area (Å²) in [6, 6.07) is 21.1. The second-order valence-electron chi connectivity index (χ2n) is 9.65. The molecule has 0 aliphatic rings. The normalized spacial score (nSPS) is 12.0. The second kappa shape index (κ2) is 13.6. The fraction of sp³-hybridized carbons (Fsp3) is 0.333. The molecule has 39 heavy (non-hydrogen) atoms. The molecular weight excluding hydrogens is 534 g/mol. The van der Waals surface area contributed by atoms with E-state index in [9.17, 15) is 18.0 Å². The maximum Gasteiger partial charge on any atom is 0.244 e. The van der Waals surface area contributed by atoms with Crippen LogP contribution in [0.4, 0.5) is 5.69 Å². The molecule has 0 unspecified atom stereocenters. The Bertz CT molecular complexity index is 1400. The van der Waals surface area contributed by atoms with E-state index in [0.29, 0.717) is 11.6 Å². The molecule has 0 heterocycles. The minimum absolute atomic E-state index is 0.148. The number of carbonyl (C=O) groups is 2. The molecule has 0 aliphatic heterocycles. The van der Waals surface area contributed by atoms with Crippen LogP contribution in [0.15, 0.2) is 72.8 Å². The van der Waals surface area contributed by atoms with Gasteiger partial charge < -0.3 is 10.2 Å². The van der Waals surface area contributed by atoms with Gasteiger partial charge in [0, 0.05) is 24.5 Å². The lowest BCUT2D eigenvalue weighted by atomic mass is 10.0. The van der Waals surface area contributed by atoms with E-state index >= 15 is 0 Å². The molecule has 0 aliphatic carbocycles. The smallest absolute Gasteiger partial charge is 0.244 e. The third kappa shape index (κ3) is 8.31. The number of aryl methyl sites for hydroxylation is 2. The van der Waals surface area contributed by atoms with Crippen molar-refractivity contribution >= 4 is 39.1 Å². The summed E-state index contributed by atoms with van der Waals surface area (Å²) in [5, 5.41) is 3.33. The molecule has 1 N–H and O–H groups in total. The van der Waals surface area contributed by atoms with Gasteiger partial charge in [0.2, 0.25) is 21.8 Å². The fourth-order valence-corrected chi connectivity index (χ4v) is 5.26. The number of nitrogens with one attached hydrogen (secondary N) is 1. The molecule has 0 radical (unpaired) electrons. The maximum atomic E-state index is 14.1. The van der Waals surface area contributed by atoms with Crippen molar-refractivity contribution in [2.75, 3.05) is 23.7 Å². The summed E-state index contributed by atoms with van der Waals surface area (Å²) in [5.41, 5.74) is 3.80. The molecule has 3 aromatic rings. The van der Waals surface area contributed by atoms with E-state index in [2.05, 4.69) is 5.32 Å². The van der Waals surface area contributed by atoms with E-state index < -0.39 is 28.5 Å². The predicted molar refractivity (Wildman–Crippen MR) is 157 cm³/mol. The zero-order valence-electron chi connectivity index (χ0n) is 22.9. The molecule has 2 amide bonds. The van der Waals surface area contributed by atoms with Crippen molar-refractivity contribution in [1.29, 1.82) is 0 Å². The monoisotopic (exact) mass is 569 g/mol. The van der Waals surface area contributed by atoms with Crippen molar-refractivity contribution in [1.82, 2.24) is 10.2 Å². The molecule has 0 fully saturated rings. The Hall–Kier alpha value is -3.36. The summed E-state index contributed by atoms with van der Waals surface area (Å²) >= 11 is 6.29. The summed E-state index contributed by atoms with van der Waals surface area (Å²) in [4.78, 5) is 29.1. The van der Waals surface area contributed by atoms with Crippen LogP contribution in [0, 0.1) is 13.8 Å². The van der Waals surface area contributed by atoms with Crippen molar-refractivity contribution in [2.24, 2.45) is 0 Å². The summed E-state index contributed by atoms with van der Waals surface area (Å²) in [5.74, 6) is -0.778. The Morgan fingerprint density at radius 2 is 1.62 bits per heavy atom. The molecule has 3 aromatic carbocycles. The standard InChI is InChI=1S/C30H36ClN3O4S/c1-5-17-32-30(36)28(18-24-12-7-6-8-13-24)33(20-25-14-10-9-11-22(25)2)29(35)21-34(39(4,37)38)26-16-15-23(3)27(31)19-26/h6-16,19,28H,5,17-18,20-21H2,1-4H3,(H,32,36)/t28-/m0/s1. The number of sulfonamides is 1. The van der Waals surface area contributed by atoms with Crippen LogP contribution in [0.2, 0.25) is 5.02 Å². The number of nitrogens with zero attached hydrogens (tertiary/aromatic N) is 2. The summed E-state index contributed by atoms with van der Waals surface area (Å²) in [7, 11) is -3.85. The average Bonchev–Trinajstić information content (AvgIpc) is 2.90. The minimum Gasteiger partial charge on any atom is -0.354 e. The Balaban J connectivity index is 2.06. The number of rotatable bonds is 12. The Kier molecular flexibility index (Phi) is 10.5. The van der Waals surface area contributed by atoms with Crippen molar-refractivity contribution in [3.8, 4) is 0 Å². The lowest BCUT2D eigenvalue weighted by Gasteiger charge is -2.34. The van der Waals surface area contributed by atoms with Gasteiger partial charge >= 0.3 is 0 Å². The quantitative estimate of drug-likeness (QED) is 0.336. The topological polar surface area (TPSA) is 86.8 Å². The molecule has 7 nitrogen and oxygen atoms in total. The molecular formula is C30H36ClN3O4S. The first-order valence-corrected chi connectivity index (χ1v) is 15.1. The number of hydrogen-bond acceptors (Lipinski definition) is 4. The van der Waals surface area contributed by atoms with E-state index in [1.165, 1.54) is 11.0 Å². The molecule has 0 saturated heterocycles. The third-order valence-corrected chi connectivity index (χ3v) is 8.09. The first kappa shape index (κ1) is 30.2. The van der Waals surface area contributed by atoms with Crippen LogP contribution in [-0.4, -0.2) is 50.5 Å². The van der Waals surface area contributed by atoms with Gasteiger partial charge in [0.25, 0.3) is 0 Å². The molecule has 1 atom stereocenters. The Labute approximate surface area is 236 Å². The minimum atomic E-state index is -3.85. The van der Waals surface area contributed by atoms with Gasteiger partial charge in [-0.2, -0.15) is 0 Å². The zero-order valence-corrected chi connectivity index (χ0v) is 24.4. The largest absolute Gasteiger partial charge is 0.354 e. The van der Waals surface area contributed by atoms with Crippen LogP contribution in [0.3, 0.4) is 0 Å².